The number of nitrogen functional groups attached to an aromatic ring is 1. The molecule has 0 radical (unpaired) electrons. The Bertz CT molecular complexity index is 345. The van der Waals surface area contributed by atoms with Crippen LogP contribution in [0.1, 0.15) is 32.6 Å². The van der Waals surface area contributed by atoms with E-state index in [1.165, 1.54) is 12.8 Å². The van der Waals surface area contributed by atoms with E-state index in [2.05, 4.69) is 22.3 Å². The topological polar surface area (TPSA) is 73.1 Å². The van der Waals surface area contributed by atoms with Crippen LogP contribution in [-0.2, 0) is 0 Å². The van der Waals surface area contributed by atoms with E-state index in [9.17, 15) is 0 Å². The Morgan fingerprint density at radius 3 is 3.12 bits per heavy atom. The highest BCUT2D eigenvalue weighted by atomic mass is 16.5. The molecule has 1 aliphatic carbocycles. The molecule has 1 aromatic rings. The average molecular weight is 222 g/mol. The van der Waals surface area contributed by atoms with Crippen LogP contribution in [0.2, 0.25) is 0 Å². The summed E-state index contributed by atoms with van der Waals surface area (Å²) in [4.78, 5) is 8.08. The van der Waals surface area contributed by atoms with Crippen molar-refractivity contribution in [2.75, 3.05) is 5.43 Å². The molecule has 0 bridgehead atoms. The molecule has 2 unspecified atom stereocenters. The number of ether oxygens (including phenoxy) is 1. The van der Waals surface area contributed by atoms with E-state index in [4.69, 9.17) is 10.6 Å². The van der Waals surface area contributed by atoms with Crippen molar-refractivity contribution >= 4 is 5.95 Å². The lowest BCUT2D eigenvalue weighted by Gasteiger charge is -2.26. The minimum atomic E-state index is 0.282. The van der Waals surface area contributed by atoms with Gasteiger partial charge in [-0.05, 0) is 25.2 Å². The van der Waals surface area contributed by atoms with Gasteiger partial charge in [0.2, 0.25) is 11.8 Å². The van der Waals surface area contributed by atoms with Gasteiger partial charge in [0.05, 0.1) is 0 Å². The molecular weight excluding hydrogens is 204 g/mol. The molecule has 3 N–H and O–H groups in total. The van der Waals surface area contributed by atoms with Gasteiger partial charge in [0.1, 0.15) is 6.10 Å². The maximum atomic E-state index is 5.82. The van der Waals surface area contributed by atoms with Gasteiger partial charge < -0.3 is 4.74 Å². The normalized spacial score (nSPS) is 25.1. The third kappa shape index (κ3) is 2.82. The SMILES string of the molecule is CC1CCCC(Oc2ccnc(NN)n2)C1. The summed E-state index contributed by atoms with van der Waals surface area (Å²) in [5.74, 6) is 6.98. The van der Waals surface area contributed by atoms with Gasteiger partial charge >= 0.3 is 0 Å². The fourth-order valence-corrected chi connectivity index (χ4v) is 2.13. The zero-order chi connectivity index (χ0) is 11.4. The third-order valence-electron chi connectivity index (χ3n) is 2.93. The zero-order valence-electron chi connectivity index (χ0n) is 9.52. The van der Waals surface area contributed by atoms with Crippen molar-refractivity contribution in [2.24, 2.45) is 11.8 Å². The predicted molar refractivity (Wildman–Crippen MR) is 61.9 cm³/mol. The summed E-state index contributed by atoms with van der Waals surface area (Å²) in [5.41, 5.74) is 2.41. The summed E-state index contributed by atoms with van der Waals surface area (Å²) in [6.07, 6.45) is 6.68. The fourth-order valence-electron chi connectivity index (χ4n) is 2.13. The number of nitrogens with two attached hydrogens (primary N) is 1. The molecule has 0 aromatic carbocycles. The minimum absolute atomic E-state index is 0.282. The average Bonchev–Trinajstić information content (AvgIpc) is 2.29. The predicted octanol–water partition coefficient (Wildman–Crippen LogP) is 1.72. The second-order valence-electron chi connectivity index (χ2n) is 4.37. The Labute approximate surface area is 95.4 Å². The number of hydrogen-bond acceptors (Lipinski definition) is 5. The highest BCUT2D eigenvalue weighted by Gasteiger charge is 2.20. The summed E-state index contributed by atoms with van der Waals surface area (Å²) < 4.78 is 5.82. The van der Waals surface area contributed by atoms with Gasteiger partial charge in [-0.3, -0.25) is 5.43 Å². The van der Waals surface area contributed by atoms with Crippen LogP contribution < -0.4 is 16.0 Å². The van der Waals surface area contributed by atoms with Gasteiger partial charge in [0.15, 0.2) is 0 Å². The lowest BCUT2D eigenvalue weighted by molar-refractivity contribution is 0.124. The summed E-state index contributed by atoms with van der Waals surface area (Å²) in [5, 5.41) is 0. The Morgan fingerprint density at radius 2 is 2.38 bits per heavy atom. The smallest absolute Gasteiger partial charge is 0.240 e. The zero-order valence-corrected chi connectivity index (χ0v) is 9.52. The van der Waals surface area contributed by atoms with E-state index >= 15 is 0 Å². The van der Waals surface area contributed by atoms with E-state index < -0.39 is 0 Å². The molecule has 0 spiro atoms. The first kappa shape index (κ1) is 11.1. The maximum Gasteiger partial charge on any atom is 0.240 e. The Morgan fingerprint density at radius 1 is 1.50 bits per heavy atom. The first-order valence-electron chi connectivity index (χ1n) is 5.74. The number of nitrogens with zero attached hydrogens (tertiary/aromatic N) is 2. The molecule has 1 aliphatic rings. The van der Waals surface area contributed by atoms with Crippen LogP contribution in [0, 0.1) is 5.92 Å². The van der Waals surface area contributed by atoms with E-state index in [1.54, 1.807) is 12.3 Å². The van der Waals surface area contributed by atoms with Crippen LogP contribution in [0.25, 0.3) is 0 Å². The summed E-state index contributed by atoms with van der Waals surface area (Å²) in [6.45, 7) is 2.27. The molecular formula is C11H18N4O. The van der Waals surface area contributed by atoms with Crippen molar-refractivity contribution in [3.8, 4) is 5.88 Å². The van der Waals surface area contributed by atoms with Crippen molar-refractivity contribution < 1.29 is 4.74 Å². The largest absolute Gasteiger partial charge is 0.474 e. The summed E-state index contributed by atoms with van der Waals surface area (Å²) in [7, 11) is 0. The molecule has 5 nitrogen and oxygen atoms in total. The van der Waals surface area contributed by atoms with E-state index in [-0.39, 0.29) is 6.10 Å². The Hall–Kier alpha value is -1.36. The number of hydrogen-bond donors (Lipinski definition) is 2. The van der Waals surface area contributed by atoms with Crippen LogP contribution in [0.15, 0.2) is 12.3 Å². The first-order valence-corrected chi connectivity index (χ1v) is 5.74. The van der Waals surface area contributed by atoms with Gasteiger partial charge in [-0.15, -0.1) is 0 Å². The number of aromatic nitrogens is 2. The van der Waals surface area contributed by atoms with Crippen LogP contribution in [0.4, 0.5) is 5.95 Å². The number of anilines is 1. The summed E-state index contributed by atoms with van der Waals surface area (Å²) >= 11 is 0. The van der Waals surface area contributed by atoms with Gasteiger partial charge in [0.25, 0.3) is 0 Å². The van der Waals surface area contributed by atoms with Crippen LogP contribution in [0.3, 0.4) is 0 Å². The van der Waals surface area contributed by atoms with Gasteiger partial charge in [-0.2, -0.15) is 4.98 Å². The molecule has 5 heteroatoms. The molecule has 2 atom stereocenters. The van der Waals surface area contributed by atoms with E-state index in [0.717, 1.165) is 18.8 Å². The molecule has 16 heavy (non-hydrogen) atoms. The highest BCUT2D eigenvalue weighted by Crippen LogP contribution is 2.26. The molecule has 2 rings (SSSR count). The molecule has 0 saturated heterocycles. The minimum Gasteiger partial charge on any atom is -0.474 e. The van der Waals surface area contributed by atoms with Crippen molar-refractivity contribution in [1.82, 2.24) is 9.97 Å². The molecule has 0 amide bonds. The molecule has 1 fully saturated rings. The fraction of sp³-hybridized carbons (Fsp3) is 0.636. The lowest BCUT2D eigenvalue weighted by atomic mass is 9.89. The number of rotatable bonds is 3. The third-order valence-corrected chi connectivity index (χ3v) is 2.93. The van der Waals surface area contributed by atoms with Gasteiger partial charge in [0, 0.05) is 12.3 Å². The van der Waals surface area contributed by atoms with Crippen LogP contribution >= 0.6 is 0 Å². The molecule has 1 saturated carbocycles. The second kappa shape index (κ2) is 5.12. The first-order chi connectivity index (χ1) is 7.78. The van der Waals surface area contributed by atoms with Crippen molar-refractivity contribution in [1.29, 1.82) is 0 Å². The maximum absolute atomic E-state index is 5.82. The Balaban J connectivity index is 1.97. The van der Waals surface area contributed by atoms with Crippen molar-refractivity contribution in [3.05, 3.63) is 12.3 Å². The van der Waals surface area contributed by atoms with Gasteiger partial charge in [-0.1, -0.05) is 13.3 Å². The van der Waals surface area contributed by atoms with E-state index in [1.807, 2.05) is 0 Å². The summed E-state index contributed by atoms with van der Waals surface area (Å²) in [6, 6.07) is 1.76. The standard InChI is InChI=1S/C11H18N4O/c1-8-3-2-4-9(7-8)16-10-5-6-13-11(14-10)15-12/h5-6,8-9H,2-4,7,12H2,1H3,(H,13,14,15). The van der Waals surface area contributed by atoms with E-state index in [0.29, 0.717) is 11.8 Å². The lowest BCUT2D eigenvalue weighted by Crippen LogP contribution is -2.24. The van der Waals surface area contributed by atoms with Crippen LogP contribution in [0.5, 0.6) is 5.88 Å². The molecule has 88 valence electrons. The molecule has 1 aromatic heterocycles. The number of nitrogens with one attached hydrogen (secondary N) is 1. The highest BCUT2D eigenvalue weighted by molar-refractivity contribution is 5.25. The Kier molecular flexibility index (Phi) is 3.56. The van der Waals surface area contributed by atoms with Gasteiger partial charge in [-0.25, -0.2) is 10.8 Å². The second-order valence-corrected chi connectivity index (χ2v) is 4.37. The van der Waals surface area contributed by atoms with Crippen molar-refractivity contribution in [3.63, 3.8) is 0 Å². The monoisotopic (exact) mass is 222 g/mol. The van der Waals surface area contributed by atoms with Crippen molar-refractivity contribution in [2.45, 2.75) is 38.7 Å². The quantitative estimate of drug-likeness (QED) is 0.601. The molecule has 1 heterocycles. The number of hydrazine groups is 1. The molecule has 0 aliphatic heterocycles. The van der Waals surface area contributed by atoms with Crippen LogP contribution in [-0.4, -0.2) is 16.1 Å².